The number of oxazole rings is 1. The van der Waals surface area contributed by atoms with Crippen molar-refractivity contribution in [2.45, 2.75) is 0 Å². The van der Waals surface area contributed by atoms with Gasteiger partial charge in [0.1, 0.15) is 11.3 Å². The summed E-state index contributed by atoms with van der Waals surface area (Å²) in [6, 6.07) is 24.4. The molecule has 0 N–H and O–H groups in total. The first-order valence-corrected chi connectivity index (χ1v) is 11.6. The fourth-order valence-electron chi connectivity index (χ4n) is 3.30. The van der Waals surface area contributed by atoms with Crippen LogP contribution < -0.4 is 4.74 Å². The number of aliphatic imine (C=N–C) groups is 1. The zero-order valence-electron chi connectivity index (χ0n) is 17.9. The van der Waals surface area contributed by atoms with Crippen LogP contribution in [0.5, 0.6) is 5.75 Å². The van der Waals surface area contributed by atoms with Gasteiger partial charge in [0.05, 0.1) is 16.3 Å². The predicted molar refractivity (Wildman–Crippen MR) is 140 cm³/mol. The number of benzene rings is 4. The second-order valence-electron chi connectivity index (χ2n) is 7.52. The second-order valence-corrected chi connectivity index (χ2v) is 8.80. The van der Waals surface area contributed by atoms with Crippen LogP contribution in [0, 0.1) is 0 Å². The van der Waals surface area contributed by atoms with Crippen LogP contribution in [0.15, 0.2) is 94.3 Å². The maximum atomic E-state index is 12.3. The van der Waals surface area contributed by atoms with Gasteiger partial charge in [-0.1, -0.05) is 34.8 Å². The minimum Gasteiger partial charge on any atom is -0.436 e. The molecule has 0 spiro atoms. The number of hydrogen-bond donors (Lipinski definition) is 0. The number of fused-ring (bicyclic) bond motifs is 1. The monoisotopic (exact) mass is 520 g/mol. The molecule has 0 saturated carbocycles. The van der Waals surface area contributed by atoms with Crippen LogP contribution in [-0.4, -0.2) is 17.2 Å². The number of halogens is 3. The molecule has 0 unspecified atom stereocenters. The van der Waals surface area contributed by atoms with Crippen molar-refractivity contribution in [3.05, 3.63) is 111 Å². The average Bonchev–Trinajstić information content (AvgIpc) is 3.27. The number of carbonyl (C=O) groups excluding carboxylic acids is 1. The molecule has 0 bridgehead atoms. The molecule has 0 radical (unpaired) electrons. The molecular weight excluding hydrogens is 507 g/mol. The SMILES string of the molecule is O=C(Oc1ccc(C=Nc2ccc(-c3nc4cc(Cl)ccc4o3)cc2)cc1)c1ccc(Cl)cc1Cl. The highest BCUT2D eigenvalue weighted by molar-refractivity contribution is 6.36. The van der Waals surface area contributed by atoms with Gasteiger partial charge in [0.15, 0.2) is 5.58 Å². The summed E-state index contributed by atoms with van der Waals surface area (Å²) in [5, 5.41) is 1.29. The molecule has 1 aromatic heterocycles. The number of carbonyl (C=O) groups is 1. The van der Waals surface area contributed by atoms with Crippen LogP contribution in [-0.2, 0) is 0 Å². The maximum Gasteiger partial charge on any atom is 0.345 e. The summed E-state index contributed by atoms with van der Waals surface area (Å²) in [4.78, 5) is 21.3. The Morgan fingerprint density at radius 1 is 0.857 bits per heavy atom. The van der Waals surface area contributed by atoms with E-state index in [4.69, 9.17) is 44.0 Å². The van der Waals surface area contributed by atoms with Gasteiger partial charge in [-0.15, -0.1) is 0 Å². The number of hydrogen-bond acceptors (Lipinski definition) is 5. The van der Waals surface area contributed by atoms with E-state index in [2.05, 4.69) is 9.98 Å². The second kappa shape index (κ2) is 9.92. The van der Waals surface area contributed by atoms with Gasteiger partial charge in [0.25, 0.3) is 0 Å². The summed E-state index contributed by atoms with van der Waals surface area (Å²) in [6.45, 7) is 0. The van der Waals surface area contributed by atoms with Gasteiger partial charge in [-0.3, -0.25) is 4.99 Å². The lowest BCUT2D eigenvalue weighted by atomic mass is 10.2. The molecular formula is C27H15Cl3N2O3. The van der Waals surface area contributed by atoms with Gasteiger partial charge < -0.3 is 9.15 Å². The first-order chi connectivity index (χ1) is 16.9. The molecule has 5 aromatic rings. The van der Waals surface area contributed by atoms with Crippen molar-refractivity contribution >= 4 is 63.8 Å². The molecule has 0 aliphatic rings. The van der Waals surface area contributed by atoms with Gasteiger partial charge in [0, 0.05) is 21.8 Å². The summed E-state index contributed by atoms with van der Waals surface area (Å²) in [7, 11) is 0. The van der Waals surface area contributed by atoms with Crippen LogP contribution >= 0.6 is 34.8 Å². The summed E-state index contributed by atoms with van der Waals surface area (Å²) in [6.07, 6.45) is 1.72. The standard InChI is InChI=1S/C27H15Cl3N2O3/c28-18-5-11-22(23(30)13-18)27(33)34-21-9-1-16(2-10-21)15-31-20-7-3-17(4-8-20)26-32-24-14-19(29)6-12-25(24)35-26/h1-15H. The summed E-state index contributed by atoms with van der Waals surface area (Å²) >= 11 is 18.0. The molecule has 0 fully saturated rings. The van der Waals surface area contributed by atoms with Crippen molar-refractivity contribution in [1.82, 2.24) is 4.98 Å². The molecule has 0 aliphatic carbocycles. The van der Waals surface area contributed by atoms with E-state index in [9.17, 15) is 4.79 Å². The van der Waals surface area contributed by atoms with Crippen molar-refractivity contribution < 1.29 is 13.9 Å². The van der Waals surface area contributed by atoms with E-state index >= 15 is 0 Å². The number of aromatic nitrogens is 1. The number of nitrogens with zero attached hydrogens (tertiary/aromatic N) is 2. The highest BCUT2D eigenvalue weighted by Crippen LogP contribution is 2.28. The zero-order chi connectivity index (χ0) is 24.4. The highest BCUT2D eigenvalue weighted by atomic mass is 35.5. The fraction of sp³-hybridized carbons (Fsp3) is 0. The minimum absolute atomic E-state index is 0.234. The van der Waals surface area contributed by atoms with Crippen LogP contribution in [0.3, 0.4) is 0 Å². The van der Waals surface area contributed by atoms with E-state index in [1.165, 1.54) is 12.1 Å². The molecule has 5 rings (SSSR count). The van der Waals surface area contributed by atoms with Crippen molar-refractivity contribution in [1.29, 1.82) is 0 Å². The first-order valence-electron chi connectivity index (χ1n) is 10.4. The van der Waals surface area contributed by atoms with E-state index in [0.29, 0.717) is 32.8 Å². The Hall–Kier alpha value is -3.64. The van der Waals surface area contributed by atoms with Crippen molar-refractivity contribution in [3.8, 4) is 17.2 Å². The van der Waals surface area contributed by atoms with Crippen molar-refractivity contribution in [2.24, 2.45) is 4.99 Å². The van der Waals surface area contributed by atoms with E-state index in [-0.39, 0.29) is 10.6 Å². The Morgan fingerprint density at radius 2 is 1.57 bits per heavy atom. The Labute approximate surface area is 215 Å². The number of rotatable bonds is 5. The van der Waals surface area contributed by atoms with Crippen molar-refractivity contribution in [3.63, 3.8) is 0 Å². The molecule has 35 heavy (non-hydrogen) atoms. The van der Waals surface area contributed by atoms with Gasteiger partial charge in [0.2, 0.25) is 5.89 Å². The highest BCUT2D eigenvalue weighted by Gasteiger charge is 2.13. The number of esters is 1. The molecule has 172 valence electrons. The van der Waals surface area contributed by atoms with E-state index in [0.717, 1.165) is 16.8 Å². The van der Waals surface area contributed by atoms with Crippen LogP contribution in [0.2, 0.25) is 15.1 Å². The lowest BCUT2D eigenvalue weighted by molar-refractivity contribution is 0.0735. The van der Waals surface area contributed by atoms with E-state index in [1.807, 2.05) is 24.3 Å². The molecule has 5 nitrogen and oxygen atoms in total. The molecule has 8 heteroatoms. The molecule has 0 aliphatic heterocycles. The Kier molecular flexibility index (Phi) is 6.55. The molecule has 4 aromatic carbocycles. The molecule has 0 amide bonds. The normalized spacial score (nSPS) is 11.3. The van der Waals surface area contributed by atoms with Crippen LogP contribution in [0.4, 0.5) is 5.69 Å². The van der Waals surface area contributed by atoms with E-state index in [1.54, 1.807) is 54.7 Å². The average molecular weight is 522 g/mol. The largest absolute Gasteiger partial charge is 0.436 e. The Bertz CT molecular complexity index is 1560. The Morgan fingerprint density at radius 3 is 2.31 bits per heavy atom. The smallest absolute Gasteiger partial charge is 0.345 e. The summed E-state index contributed by atoms with van der Waals surface area (Å²) in [5.41, 5.74) is 4.07. The summed E-state index contributed by atoms with van der Waals surface area (Å²) in [5.74, 6) is 0.347. The van der Waals surface area contributed by atoms with Gasteiger partial charge in [-0.2, -0.15) is 0 Å². The molecule has 1 heterocycles. The van der Waals surface area contributed by atoms with Gasteiger partial charge in [-0.05, 0) is 90.5 Å². The molecule has 0 saturated heterocycles. The Balaban J connectivity index is 1.24. The van der Waals surface area contributed by atoms with Crippen LogP contribution in [0.1, 0.15) is 15.9 Å². The van der Waals surface area contributed by atoms with Gasteiger partial charge in [-0.25, -0.2) is 9.78 Å². The molecule has 0 atom stereocenters. The predicted octanol–water partition coefficient (Wildman–Crippen LogP) is 8.42. The van der Waals surface area contributed by atoms with Crippen molar-refractivity contribution in [2.75, 3.05) is 0 Å². The maximum absolute atomic E-state index is 12.3. The topological polar surface area (TPSA) is 64.7 Å². The number of ether oxygens (including phenoxy) is 1. The van der Waals surface area contributed by atoms with E-state index < -0.39 is 5.97 Å². The zero-order valence-corrected chi connectivity index (χ0v) is 20.2. The summed E-state index contributed by atoms with van der Waals surface area (Å²) < 4.78 is 11.2. The fourth-order valence-corrected chi connectivity index (χ4v) is 3.95. The lowest BCUT2D eigenvalue weighted by Crippen LogP contribution is -2.09. The third-order valence-corrected chi connectivity index (χ3v) is 5.85. The minimum atomic E-state index is -0.560. The third kappa shape index (κ3) is 5.38. The quantitative estimate of drug-likeness (QED) is 0.132. The third-order valence-electron chi connectivity index (χ3n) is 5.07. The lowest BCUT2D eigenvalue weighted by Gasteiger charge is -2.06. The van der Waals surface area contributed by atoms with Gasteiger partial charge >= 0.3 is 5.97 Å². The first kappa shape index (κ1) is 23.1. The van der Waals surface area contributed by atoms with Crippen LogP contribution in [0.25, 0.3) is 22.6 Å².